The van der Waals surface area contributed by atoms with Gasteiger partial charge in [-0.25, -0.2) is 9.97 Å². The first-order chi connectivity index (χ1) is 7.24. The van der Waals surface area contributed by atoms with Crippen LogP contribution in [-0.2, 0) is 6.54 Å². The number of hydrogen-bond acceptors (Lipinski definition) is 4. The molecule has 0 atom stereocenters. The molecule has 0 spiro atoms. The van der Waals surface area contributed by atoms with Gasteiger partial charge < -0.3 is 4.90 Å². The van der Waals surface area contributed by atoms with E-state index in [0.717, 1.165) is 38.3 Å². The Kier molecular flexibility index (Phi) is 3.51. The highest BCUT2D eigenvalue weighted by Crippen LogP contribution is 2.07. The molecule has 0 N–H and O–H groups in total. The Hall–Kier alpha value is -0.710. The molecule has 0 aliphatic carbocycles. The summed E-state index contributed by atoms with van der Waals surface area (Å²) in [7, 11) is 2.16. The SMILES string of the molecule is CN1CCN(Cc2cnc(Cl)nc2)CC1. The molecule has 0 unspecified atom stereocenters. The number of piperazine rings is 1. The van der Waals surface area contributed by atoms with Gasteiger partial charge in [-0.3, -0.25) is 4.90 Å². The maximum absolute atomic E-state index is 5.63. The maximum Gasteiger partial charge on any atom is 0.222 e. The Morgan fingerprint density at radius 2 is 1.80 bits per heavy atom. The fourth-order valence-electron chi connectivity index (χ4n) is 1.68. The van der Waals surface area contributed by atoms with Gasteiger partial charge in [0.2, 0.25) is 5.28 Å². The lowest BCUT2D eigenvalue weighted by Gasteiger charge is -2.32. The molecule has 1 aliphatic heterocycles. The van der Waals surface area contributed by atoms with Crippen LogP contribution in [0.15, 0.2) is 12.4 Å². The summed E-state index contributed by atoms with van der Waals surface area (Å²) < 4.78 is 0. The molecule has 15 heavy (non-hydrogen) atoms. The maximum atomic E-state index is 5.63. The predicted molar refractivity (Wildman–Crippen MR) is 59.8 cm³/mol. The van der Waals surface area contributed by atoms with Crippen LogP contribution < -0.4 is 0 Å². The first kappa shape index (κ1) is 10.8. The van der Waals surface area contributed by atoms with Gasteiger partial charge in [-0.1, -0.05) is 0 Å². The first-order valence-corrected chi connectivity index (χ1v) is 5.49. The van der Waals surface area contributed by atoms with Gasteiger partial charge in [0.15, 0.2) is 0 Å². The average Bonchev–Trinajstić information content (AvgIpc) is 2.25. The standard InChI is InChI=1S/C10H15ClN4/c1-14-2-4-15(5-3-14)8-9-6-12-10(11)13-7-9/h6-7H,2-5,8H2,1H3. The highest BCUT2D eigenvalue weighted by atomic mass is 35.5. The molecular weight excluding hydrogens is 212 g/mol. The zero-order valence-electron chi connectivity index (χ0n) is 8.86. The molecule has 2 heterocycles. The number of nitrogens with zero attached hydrogens (tertiary/aromatic N) is 4. The van der Waals surface area contributed by atoms with Crippen LogP contribution in [0.3, 0.4) is 0 Å². The third-order valence-corrected chi connectivity index (χ3v) is 2.87. The molecule has 1 fully saturated rings. The van der Waals surface area contributed by atoms with Crippen molar-refractivity contribution in [1.29, 1.82) is 0 Å². The largest absolute Gasteiger partial charge is 0.304 e. The quantitative estimate of drug-likeness (QED) is 0.701. The van der Waals surface area contributed by atoms with Gasteiger partial charge in [0, 0.05) is 50.7 Å². The van der Waals surface area contributed by atoms with Crippen LogP contribution in [0.4, 0.5) is 0 Å². The molecular formula is C10H15ClN4. The molecule has 0 amide bonds. The van der Waals surface area contributed by atoms with Crippen LogP contribution in [0.25, 0.3) is 0 Å². The van der Waals surface area contributed by atoms with Crippen molar-refractivity contribution in [3.63, 3.8) is 0 Å². The second kappa shape index (κ2) is 4.88. The Labute approximate surface area is 94.9 Å². The number of halogens is 1. The number of rotatable bonds is 2. The Morgan fingerprint density at radius 1 is 1.20 bits per heavy atom. The molecule has 1 aromatic rings. The van der Waals surface area contributed by atoms with E-state index >= 15 is 0 Å². The summed E-state index contributed by atoms with van der Waals surface area (Å²) in [6.07, 6.45) is 3.60. The minimum Gasteiger partial charge on any atom is -0.304 e. The molecule has 82 valence electrons. The van der Waals surface area contributed by atoms with E-state index in [1.54, 1.807) is 12.4 Å². The lowest BCUT2D eigenvalue weighted by molar-refractivity contribution is 0.148. The van der Waals surface area contributed by atoms with E-state index in [4.69, 9.17) is 11.6 Å². The number of likely N-dealkylation sites (N-methyl/N-ethyl adjacent to an activating group) is 1. The molecule has 1 aliphatic rings. The van der Waals surface area contributed by atoms with Crippen molar-refractivity contribution in [3.8, 4) is 0 Å². The monoisotopic (exact) mass is 226 g/mol. The number of hydrogen-bond donors (Lipinski definition) is 0. The zero-order valence-corrected chi connectivity index (χ0v) is 9.61. The lowest BCUT2D eigenvalue weighted by atomic mass is 10.2. The van der Waals surface area contributed by atoms with E-state index in [9.17, 15) is 0 Å². The zero-order chi connectivity index (χ0) is 10.7. The Bertz CT molecular complexity index is 306. The van der Waals surface area contributed by atoms with Crippen LogP contribution >= 0.6 is 11.6 Å². The van der Waals surface area contributed by atoms with Gasteiger partial charge in [-0.05, 0) is 18.6 Å². The second-order valence-corrected chi connectivity index (χ2v) is 4.28. The van der Waals surface area contributed by atoms with Crippen LogP contribution in [0.2, 0.25) is 5.28 Å². The smallest absolute Gasteiger partial charge is 0.222 e. The minimum absolute atomic E-state index is 0.317. The highest BCUT2D eigenvalue weighted by Gasteiger charge is 2.13. The summed E-state index contributed by atoms with van der Waals surface area (Å²) in [6, 6.07) is 0. The fourth-order valence-corrected chi connectivity index (χ4v) is 1.78. The molecule has 0 aromatic carbocycles. The van der Waals surface area contributed by atoms with Gasteiger partial charge in [-0.2, -0.15) is 0 Å². The fraction of sp³-hybridized carbons (Fsp3) is 0.600. The van der Waals surface area contributed by atoms with Crippen molar-refractivity contribution in [2.45, 2.75) is 6.54 Å². The summed E-state index contributed by atoms with van der Waals surface area (Å²) in [4.78, 5) is 12.7. The Morgan fingerprint density at radius 3 is 2.40 bits per heavy atom. The predicted octanol–water partition coefficient (Wildman–Crippen LogP) is 0.877. The number of aromatic nitrogens is 2. The molecule has 4 nitrogen and oxygen atoms in total. The second-order valence-electron chi connectivity index (χ2n) is 3.94. The minimum atomic E-state index is 0.317. The summed E-state index contributed by atoms with van der Waals surface area (Å²) in [5.74, 6) is 0. The van der Waals surface area contributed by atoms with Gasteiger partial charge in [0.05, 0.1) is 0 Å². The summed E-state index contributed by atoms with van der Waals surface area (Å²) in [5.41, 5.74) is 1.13. The van der Waals surface area contributed by atoms with E-state index in [1.807, 2.05) is 0 Å². The van der Waals surface area contributed by atoms with E-state index in [-0.39, 0.29) is 0 Å². The van der Waals surface area contributed by atoms with Crippen LogP contribution in [0.5, 0.6) is 0 Å². The van der Waals surface area contributed by atoms with Crippen molar-refractivity contribution >= 4 is 11.6 Å². The van der Waals surface area contributed by atoms with Crippen molar-refractivity contribution in [2.75, 3.05) is 33.2 Å². The van der Waals surface area contributed by atoms with Crippen LogP contribution in [0, 0.1) is 0 Å². The van der Waals surface area contributed by atoms with Crippen molar-refractivity contribution < 1.29 is 0 Å². The van der Waals surface area contributed by atoms with E-state index in [2.05, 4.69) is 26.8 Å². The summed E-state index contributed by atoms with van der Waals surface area (Å²) in [5, 5.41) is 0.317. The molecule has 0 saturated carbocycles. The van der Waals surface area contributed by atoms with Gasteiger partial charge >= 0.3 is 0 Å². The third-order valence-electron chi connectivity index (χ3n) is 2.68. The van der Waals surface area contributed by atoms with Gasteiger partial charge in [0.1, 0.15) is 0 Å². The topological polar surface area (TPSA) is 32.3 Å². The summed E-state index contributed by atoms with van der Waals surface area (Å²) in [6.45, 7) is 5.41. The van der Waals surface area contributed by atoms with Crippen LogP contribution in [0.1, 0.15) is 5.56 Å². The van der Waals surface area contributed by atoms with Gasteiger partial charge in [-0.15, -0.1) is 0 Å². The molecule has 1 aromatic heterocycles. The lowest BCUT2D eigenvalue weighted by Crippen LogP contribution is -2.43. The molecule has 2 rings (SSSR count). The Balaban J connectivity index is 1.89. The van der Waals surface area contributed by atoms with E-state index in [0.29, 0.717) is 5.28 Å². The molecule has 0 radical (unpaired) electrons. The average molecular weight is 227 g/mol. The van der Waals surface area contributed by atoms with Crippen molar-refractivity contribution in [3.05, 3.63) is 23.2 Å². The summed E-state index contributed by atoms with van der Waals surface area (Å²) >= 11 is 5.63. The van der Waals surface area contributed by atoms with E-state index < -0.39 is 0 Å². The molecule has 0 bridgehead atoms. The van der Waals surface area contributed by atoms with Gasteiger partial charge in [0.25, 0.3) is 0 Å². The van der Waals surface area contributed by atoms with Crippen molar-refractivity contribution in [2.24, 2.45) is 0 Å². The first-order valence-electron chi connectivity index (χ1n) is 5.11. The molecule has 5 heteroatoms. The third kappa shape index (κ3) is 3.12. The highest BCUT2D eigenvalue weighted by molar-refractivity contribution is 6.28. The van der Waals surface area contributed by atoms with Crippen molar-refractivity contribution in [1.82, 2.24) is 19.8 Å². The normalized spacial score (nSPS) is 19.3. The molecule has 1 saturated heterocycles. The van der Waals surface area contributed by atoms with Crippen LogP contribution in [-0.4, -0.2) is 53.0 Å². The van der Waals surface area contributed by atoms with E-state index in [1.165, 1.54) is 0 Å².